The van der Waals surface area contributed by atoms with E-state index in [1.54, 1.807) is 0 Å². The van der Waals surface area contributed by atoms with E-state index in [4.69, 9.17) is 4.74 Å². The second-order valence-corrected chi connectivity index (χ2v) is 7.17. The lowest BCUT2D eigenvalue weighted by molar-refractivity contribution is -0.120. The zero-order valence-electron chi connectivity index (χ0n) is 15.6. The Bertz CT molecular complexity index is 643. The summed E-state index contributed by atoms with van der Waals surface area (Å²) in [6.45, 7) is 2.47. The number of hydrogen-bond donors (Lipinski definition) is 0. The summed E-state index contributed by atoms with van der Waals surface area (Å²) < 4.78 is 5.82. The van der Waals surface area contributed by atoms with E-state index in [-0.39, 0.29) is 24.7 Å². The van der Waals surface area contributed by atoms with E-state index in [0.29, 0.717) is 6.42 Å². The fourth-order valence-corrected chi connectivity index (χ4v) is 3.70. The molecule has 1 heterocycles. The van der Waals surface area contributed by atoms with Crippen LogP contribution in [-0.4, -0.2) is 12.4 Å². The van der Waals surface area contributed by atoms with E-state index < -0.39 is 11.5 Å². The average molecular weight is 352 g/mol. The predicted molar refractivity (Wildman–Crippen MR) is 99.9 cm³/mol. The molecule has 1 aromatic rings. The first kappa shape index (κ1) is 20.1. The van der Waals surface area contributed by atoms with Crippen molar-refractivity contribution >= 4 is 5.78 Å². The fourth-order valence-electron chi connectivity index (χ4n) is 3.70. The van der Waals surface area contributed by atoms with Gasteiger partial charge in [-0.2, -0.15) is 10.5 Å². The van der Waals surface area contributed by atoms with Gasteiger partial charge in [-0.25, -0.2) is 0 Å². The second-order valence-electron chi connectivity index (χ2n) is 7.17. The molecular formula is C22H28N2O2. The standard InChI is InChI=1S/C22H28N2O2/c1-2-3-4-5-6-10-13-20(25)14-19-15-26-21(22(19,16-23)17-24)18-11-8-7-9-12-18/h7-9,11-12,19,21H,2-6,10,13-15H2,1H3. The number of ether oxygens (including phenoxy) is 1. The third-order valence-electron chi connectivity index (χ3n) is 5.28. The number of hydrogen-bond acceptors (Lipinski definition) is 4. The molecule has 138 valence electrons. The van der Waals surface area contributed by atoms with E-state index in [0.717, 1.165) is 18.4 Å². The highest BCUT2D eigenvalue weighted by molar-refractivity contribution is 5.79. The van der Waals surface area contributed by atoms with Crippen LogP contribution in [0.1, 0.15) is 70.0 Å². The van der Waals surface area contributed by atoms with Gasteiger partial charge in [0.25, 0.3) is 0 Å². The molecule has 2 atom stereocenters. The highest BCUT2D eigenvalue weighted by atomic mass is 16.5. The van der Waals surface area contributed by atoms with Crippen molar-refractivity contribution in [2.24, 2.45) is 11.3 Å². The van der Waals surface area contributed by atoms with Crippen LogP contribution in [0.4, 0.5) is 0 Å². The van der Waals surface area contributed by atoms with E-state index in [2.05, 4.69) is 19.1 Å². The Hall–Kier alpha value is -2.17. The highest BCUT2D eigenvalue weighted by Gasteiger charge is 2.54. The average Bonchev–Trinajstić information content (AvgIpc) is 3.03. The van der Waals surface area contributed by atoms with Gasteiger partial charge in [0.2, 0.25) is 0 Å². The Morgan fingerprint density at radius 1 is 1.12 bits per heavy atom. The van der Waals surface area contributed by atoms with Crippen molar-refractivity contribution in [1.82, 2.24) is 0 Å². The maximum absolute atomic E-state index is 12.4. The summed E-state index contributed by atoms with van der Waals surface area (Å²) in [6.07, 6.45) is 7.02. The molecule has 0 radical (unpaired) electrons. The molecule has 26 heavy (non-hydrogen) atoms. The van der Waals surface area contributed by atoms with Crippen LogP contribution in [0, 0.1) is 34.0 Å². The summed E-state index contributed by atoms with van der Waals surface area (Å²) in [4.78, 5) is 12.4. The van der Waals surface area contributed by atoms with Crippen molar-refractivity contribution < 1.29 is 9.53 Å². The Morgan fingerprint density at radius 3 is 2.42 bits per heavy atom. The molecule has 0 spiro atoms. The Kier molecular flexibility index (Phi) is 7.82. The van der Waals surface area contributed by atoms with Gasteiger partial charge in [-0.05, 0) is 12.0 Å². The molecule has 0 amide bonds. The lowest BCUT2D eigenvalue weighted by Crippen LogP contribution is -2.30. The first-order valence-electron chi connectivity index (χ1n) is 9.68. The monoisotopic (exact) mass is 352 g/mol. The van der Waals surface area contributed by atoms with Gasteiger partial charge in [0.1, 0.15) is 11.9 Å². The molecule has 0 N–H and O–H groups in total. The summed E-state index contributed by atoms with van der Waals surface area (Å²) in [5, 5.41) is 19.5. The van der Waals surface area contributed by atoms with Crippen molar-refractivity contribution in [2.75, 3.05) is 6.61 Å². The maximum Gasteiger partial charge on any atom is 0.179 e. The number of carbonyl (C=O) groups is 1. The van der Waals surface area contributed by atoms with Gasteiger partial charge in [0, 0.05) is 18.8 Å². The van der Waals surface area contributed by atoms with E-state index in [1.165, 1.54) is 25.7 Å². The zero-order chi connectivity index (χ0) is 18.8. The Labute approximate surface area is 156 Å². The minimum absolute atomic E-state index is 0.137. The van der Waals surface area contributed by atoms with Gasteiger partial charge >= 0.3 is 0 Å². The minimum Gasteiger partial charge on any atom is -0.370 e. The minimum atomic E-state index is -1.29. The SMILES string of the molecule is CCCCCCCCC(=O)CC1COC(c2ccccc2)C1(C#N)C#N. The van der Waals surface area contributed by atoms with Crippen LogP contribution >= 0.6 is 0 Å². The molecule has 4 nitrogen and oxygen atoms in total. The van der Waals surface area contributed by atoms with Crippen molar-refractivity contribution in [3.05, 3.63) is 35.9 Å². The molecule has 0 aliphatic carbocycles. The number of nitriles is 2. The van der Waals surface area contributed by atoms with Crippen molar-refractivity contribution in [2.45, 2.75) is 64.4 Å². The van der Waals surface area contributed by atoms with Gasteiger partial charge in [0.05, 0.1) is 18.7 Å². The molecule has 1 fully saturated rings. The molecular weight excluding hydrogens is 324 g/mol. The van der Waals surface area contributed by atoms with Crippen LogP contribution in [0.25, 0.3) is 0 Å². The number of carbonyl (C=O) groups excluding carboxylic acids is 1. The lowest BCUT2D eigenvalue weighted by Gasteiger charge is -2.24. The third kappa shape index (κ3) is 4.71. The van der Waals surface area contributed by atoms with Crippen LogP contribution in [0.2, 0.25) is 0 Å². The summed E-state index contributed by atoms with van der Waals surface area (Å²) in [7, 11) is 0. The molecule has 2 unspecified atom stereocenters. The molecule has 2 rings (SSSR count). The van der Waals surface area contributed by atoms with Crippen molar-refractivity contribution in [1.29, 1.82) is 10.5 Å². The van der Waals surface area contributed by atoms with Gasteiger partial charge in [-0.15, -0.1) is 0 Å². The van der Waals surface area contributed by atoms with Crippen molar-refractivity contribution in [3.8, 4) is 12.1 Å². The Morgan fingerprint density at radius 2 is 1.77 bits per heavy atom. The molecule has 1 aliphatic heterocycles. The van der Waals surface area contributed by atoms with Crippen LogP contribution < -0.4 is 0 Å². The van der Waals surface area contributed by atoms with E-state index in [1.807, 2.05) is 30.3 Å². The molecule has 1 aromatic carbocycles. The van der Waals surface area contributed by atoms with E-state index >= 15 is 0 Å². The molecule has 0 aromatic heterocycles. The molecule has 1 aliphatic rings. The van der Waals surface area contributed by atoms with Gasteiger partial charge < -0.3 is 4.74 Å². The van der Waals surface area contributed by atoms with Gasteiger partial charge in [-0.3, -0.25) is 4.79 Å². The van der Waals surface area contributed by atoms with Crippen LogP contribution in [0.3, 0.4) is 0 Å². The summed E-state index contributed by atoms with van der Waals surface area (Å²) >= 11 is 0. The van der Waals surface area contributed by atoms with Gasteiger partial charge in [0.15, 0.2) is 5.41 Å². The first-order chi connectivity index (χ1) is 12.7. The number of rotatable bonds is 10. The van der Waals surface area contributed by atoms with Crippen LogP contribution in [-0.2, 0) is 9.53 Å². The van der Waals surface area contributed by atoms with E-state index in [9.17, 15) is 15.3 Å². The normalized spacial score (nSPS) is 21.0. The molecule has 0 bridgehead atoms. The Balaban J connectivity index is 1.94. The smallest absolute Gasteiger partial charge is 0.179 e. The summed E-state index contributed by atoms with van der Waals surface area (Å²) in [5.74, 6) is -0.229. The lowest BCUT2D eigenvalue weighted by atomic mass is 9.71. The molecule has 1 saturated heterocycles. The number of nitrogens with zero attached hydrogens (tertiary/aromatic N) is 2. The van der Waals surface area contributed by atoms with Crippen LogP contribution in [0.5, 0.6) is 0 Å². The molecule has 4 heteroatoms. The van der Waals surface area contributed by atoms with Gasteiger partial charge in [-0.1, -0.05) is 69.4 Å². The maximum atomic E-state index is 12.4. The highest BCUT2D eigenvalue weighted by Crippen LogP contribution is 2.49. The molecule has 0 saturated carbocycles. The number of unbranched alkanes of at least 4 members (excludes halogenated alkanes) is 5. The fraction of sp³-hybridized carbons (Fsp3) is 0.591. The summed E-state index contributed by atoms with van der Waals surface area (Å²) in [6, 6.07) is 13.7. The second kappa shape index (κ2) is 10.1. The quantitative estimate of drug-likeness (QED) is 0.548. The number of ketones is 1. The zero-order valence-corrected chi connectivity index (χ0v) is 15.6. The first-order valence-corrected chi connectivity index (χ1v) is 9.68. The number of benzene rings is 1. The van der Waals surface area contributed by atoms with Crippen molar-refractivity contribution in [3.63, 3.8) is 0 Å². The number of Topliss-reactive ketones (excluding diaryl/α,β-unsaturated/α-hetero) is 1. The summed E-state index contributed by atoms with van der Waals surface area (Å²) in [5.41, 5.74) is -0.473. The third-order valence-corrected chi connectivity index (χ3v) is 5.28. The topological polar surface area (TPSA) is 73.9 Å². The van der Waals surface area contributed by atoms with Crippen LogP contribution in [0.15, 0.2) is 30.3 Å². The largest absolute Gasteiger partial charge is 0.370 e. The predicted octanol–water partition coefficient (Wildman–Crippen LogP) is 5.12.